The average Bonchev–Trinajstić information content (AvgIpc) is 2.16. The molecule has 0 amide bonds. The van der Waals surface area contributed by atoms with Gasteiger partial charge in [0, 0.05) is 18.6 Å². The van der Waals surface area contributed by atoms with Gasteiger partial charge < -0.3 is 10.8 Å². The van der Waals surface area contributed by atoms with Gasteiger partial charge in [0.25, 0.3) is 0 Å². The van der Waals surface area contributed by atoms with E-state index in [9.17, 15) is 5.11 Å². The fourth-order valence-electron chi connectivity index (χ4n) is 3.10. The van der Waals surface area contributed by atoms with E-state index in [2.05, 4.69) is 4.90 Å². The Balaban J connectivity index is 1.92. The topological polar surface area (TPSA) is 49.5 Å². The summed E-state index contributed by atoms with van der Waals surface area (Å²) in [4.78, 5) is 2.46. The van der Waals surface area contributed by atoms with Gasteiger partial charge in [0.15, 0.2) is 0 Å². The van der Waals surface area contributed by atoms with Crippen LogP contribution in [0.1, 0.15) is 45.4 Å². The van der Waals surface area contributed by atoms with Crippen LogP contribution in [-0.2, 0) is 0 Å². The van der Waals surface area contributed by atoms with Gasteiger partial charge in [-0.25, -0.2) is 0 Å². The van der Waals surface area contributed by atoms with Gasteiger partial charge in [-0.05, 0) is 45.6 Å². The molecule has 0 spiro atoms. The first kappa shape index (κ1) is 11.4. The van der Waals surface area contributed by atoms with Gasteiger partial charge in [0.1, 0.15) is 0 Å². The molecule has 15 heavy (non-hydrogen) atoms. The second-order valence-corrected chi connectivity index (χ2v) is 5.65. The molecule has 2 aliphatic rings. The summed E-state index contributed by atoms with van der Waals surface area (Å²) in [5.41, 5.74) is 5.54. The lowest BCUT2D eigenvalue weighted by Crippen LogP contribution is -2.52. The largest absolute Gasteiger partial charge is 0.389 e. The van der Waals surface area contributed by atoms with Crippen LogP contribution in [0.3, 0.4) is 0 Å². The Kier molecular flexibility index (Phi) is 3.33. The predicted molar refractivity (Wildman–Crippen MR) is 61.7 cm³/mol. The van der Waals surface area contributed by atoms with Crippen LogP contribution in [0, 0.1) is 0 Å². The Morgan fingerprint density at radius 1 is 1.33 bits per heavy atom. The molecule has 0 aromatic heterocycles. The molecule has 2 fully saturated rings. The molecule has 3 heteroatoms. The molecule has 1 saturated heterocycles. The monoisotopic (exact) mass is 212 g/mol. The summed E-state index contributed by atoms with van der Waals surface area (Å²) in [6.45, 7) is 3.94. The SMILES string of the molecule is CC1(O)CCCN(C2CCCC(N)C2)C1. The minimum absolute atomic E-state index is 0.385. The minimum Gasteiger partial charge on any atom is -0.389 e. The third-order valence-electron chi connectivity index (χ3n) is 3.91. The standard InChI is InChI=1S/C12H24N2O/c1-12(15)6-3-7-14(9-12)11-5-2-4-10(13)8-11/h10-11,15H,2-9,13H2,1H3. The number of likely N-dealkylation sites (tertiary alicyclic amines) is 1. The maximum Gasteiger partial charge on any atom is 0.0746 e. The average molecular weight is 212 g/mol. The normalized spacial score (nSPS) is 44.2. The van der Waals surface area contributed by atoms with E-state index < -0.39 is 5.60 Å². The summed E-state index contributed by atoms with van der Waals surface area (Å²) in [6, 6.07) is 1.01. The molecule has 1 saturated carbocycles. The fraction of sp³-hybridized carbons (Fsp3) is 1.00. The molecule has 0 aromatic rings. The van der Waals surface area contributed by atoms with E-state index in [-0.39, 0.29) is 0 Å². The maximum absolute atomic E-state index is 10.1. The Hall–Kier alpha value is -0.120. The zero-order valence-corrected chi connectivity index (χ0v) is 9.78. The molecule has 0 bridgehead atoms. The second kappa shape index (κ2) is 4.40. The quantitative estimate of drug-likeness (QED) is 0.684. The number of piperidine rings is 1. The van der Waals surface area contributed by atoms with Gasteiger partial charge in [-0.1, -0.05) is 6.42 Å². The zero-order valence-electron chi connectivity index (χ0n) is 9.78. The number of β-amino-alcohol motifs (C(OH)–C–C–N with tert-alkyl or cyclic N) is 1. The van der Waals surface area contributed by atoms with Crippen molar-refractivity contribution in [3.8, 4) is 0 Å². The van der Waals surface area contributed by atoms with Crippen LogP contribution in [0.5, 0.6) is 0 Å². The molecule has 0 aromatic carbocycles. The van der Waals surface area contributed by atoms with E-state index >= 15 is 0 Å². The summed E-state index contributed by atoms with van der Waals surface area (Å²) in [6.07, 6.45) is 6.89. The van der Waals surface area contributed by atoms with Gasteiger partial charge in [0.2, 0.25) is 0 Å². The van der Waals surface area contributed by atoms with Crippen LogP contribution >= 0.6 is 0 Å². The van der Waals surface area contributed by atoms with Gasteiger partial charge in [-0.3, -0.25) is 4.90 Å². The highest BCUT2D eigenvalue weighted by molar-refractivity contribution is 4.89. The van der Waals surface area contributed by atoms with Crippen molar-refractivity contribution in [3.63, 3.8) is 0 Å². The number of nitrogens with two attached hydrogens (primary N) is 1. The van der Waals surface area contributed by atoms with Gasteiger partial charge in [-0.2, -0.15) is 0 Å². The van der Waals surface area contributed by atoms with E-state index in [1.54, 1.807) is 0 Å². The molecular formula is C12H24N2O. The summed E-state index contributed by atoms with van der Waals surface area (Å²) in [5, 5.41) is 10.1. The van der Waals surface area contributed by atoms with E-state index in [1.807, 2.05) is 6.92 Å². The molecule has 88 valence electrons. The third kappa shape index (κ3) is 2.92. The van der Waals surface area contributed by atoms with Crippen LogP contribution in [-0.4, -0.2) is 40.8 Å². The Labute approximate surface area is 92.6 Å². The third-order valence-corrected chi connectivity index (χ3v) is 3.91. The lowest BCUT2D eigenvalue weighted by Gasteiger charge is -2.43. The highest BCUT2D eigenvalue weighted by Crippen LogP contribution is 2.28. The predicted octanol–water partition coefficient (Wildman–Crippen LogP) is 1.10. The number of hydrogen-bond acceptors (Lipinski definition) is 3. The Morgan fingerprint density at radius 2 is 2.13 bits per heavy atom. The molecule has 3 atom stereocenters. The highest BCUT2D eigenvalue weighted by atomic mass is 16.3. The van der Waals surface area contributed by atoms with Gasteiger partial charge >= 0.3 is 0 Å². The summed E-state index contributed by atoms with van der Waals surface area (Å²) in [7, 11) is 0. The van der Waals surface area contributed by atoms with Crippen LogP contribution in [0.2, 0.25) is 0 Å². The first-order valence-electron chi connectivity index (χ1n) is 6.29. The van der Waals surface area contributed by atoms with Gasteiger partial charge in [-0.15, -0.1) is 0 Å². The fourth-order valence-corrected chi connectivity index (χ4v) is 3.10. The first-order chi connectivity index (χ1) is 7.07. The molecule has 1 aliphatic carbocycles. The second-order valence-electron chi connectivity index (χ2n) is 5.65. The minimum atomic E-state index is -0.472. The number of rotatable bonds is 1. The van der Waals surface area contributed by atoms with Crippen molar-refractivity contribution in [2.24, 2.45) is 5.73 Å². The number of hydrogen-bond donors (Lipinski definition) is 2. The molecule has 3 nitrogen and oxygen atoms in total. The van der Waals surface area contributed by atoms with Crippen LogP contribution in [0.25, 0.3) is 0 Å². The summed E-state index contributed by atoms with van der Waals surface area (Å²) < 4.78 is 0. The van der Waals surface area contributed by atoms with E-state index in [0.29, 0.717) is 12.1 Å². The first-order valence-corrected chi connectivity index (χ1v) is 6.29. The Bertz CT molecular complexity index is 218. The van der Waals surface area contributed by atoms with Crippen molar-refractivity contribution >= 4 is 0 Å². The van der Waals surface area contributed by atoms with Crippen LogP contribution < -0.4 is 5.73 Å². The highest BCUT2D eigenvalue weighted by Gasteiger charge is 2.33. The molecule has 3 unspecified atom stereocenters. The summed E-state index contributed by atoms with van der Waals surface area (Å²) in [5.74, 6) is 0. The molecular weight excluding hydrogens is 188 g/mol. The van der Waals surface area contributed by atoms with Crippen molar-refractivity contribution in [2.75, 3.05) is 13.1 Å². The van der Waals surface area contributed by atoms with E-state index in [0.717, 1.165) is 32.4 Å². The number of nitrogens with zero attached hydrogens (tertiary/aromatic N) is 1. The van der Waals surface area contributed by atoms with E-state index in [1.165, 1.54) is 19.3 Å². The molecule has 1 heterocycles. The molecule has 3 N–H and O–H groups in total. The molecule has 0 radical (unpaired) electrons. The molecule has 2 rings (SSSR count). The number of aliphatic hydroxyl groups is 1. The van der Waals surface area contributed by atoms with E-state index in [4.69, 9.17) is 5.73 Å². The molecule has 1 aliphatic heterocycles. The van der Waals surface area contributed by atoms with Crippen LogP contribution in [0.4, 0.5) is 0 Å². The zero-order chi connectivity index (χ0) is 10.9. The maximum atomic E-state index is 10.1. The lowest BCUT2D eigenvalue weighted by molar-refractivity contribution is -0.0359. The van der Waals surface area contributed by atoms with Crippen molar-refractivity contribution in [1.29, 1.82) is 0 Å². The Morgan fingerprint density at radius 3 is 2.80 bits per heavy atom. The van der Waals surface area contributed by atoms with Crippen LogP contribution in [0.15, 0.2) is 0 Å². The smallest absolute Gasteiger partial charge is 0.0746 e. The van der Waals surface area contributed by atoms with Crippen molar-refractivity contribution in [3.05, 3.63) is 0 Å². The van der Waals surface area contributed by atoms with Crippen molar-refractivity contribution < 1.29 is 5.11 Å². The lowest BCUT2D eigenvalue weighted by atomic mass is 9.87. The van der Waals surface area contributed by atoms with Crippen molar-refractivity contribution in [2.45, 2.75) is 63.1 Å². The van der Waals surface area contributed by atoms with Crippen molar-refractivity contribution in [1.82, 2.24) is 4.90 Å². The van der Waals surface area contributed by atoms with Gasteiger partial charge in [0.05, 0.1) is 5.60 Å². The summed E-state index contributed by atoms with van der Waals surface area (Å²) >= 11 is 0.